The van der Waals surface area contributed by atoms with Crippen LogP contribution < -0.4 is 0 Å². The van der Waals surface area contributed by atoms with E-state index in [-0.39, 0.29) is 17.6 Å². The van der Waals surface area contributed by atoms with E-state index in [4.69, 9.17) is 0 Å². The molecule has 25 heavy (non-hydrogen) atoms. The summed E-state index contributed by atoms with van der Waals surface area (Å²) in [6.45, 7) is 1.53. The van der Waals surface area contributed by atoms with E-state index in [9.17, 15) is 24.6 Å². The predicted octanol–water partition coefficient (Wildman–Crippen LogP) is 1.87. The number of aliphatic carboxylic acids is 1. The second-order valence-corrected chi connectivity index (χ2v) is 7.09. The number of carboxylic acid groups (broad SMARTS) is 1. The van der Waals surface area contributed by atoms with Crippen molar-refractivity contribution in [3.8, 4) is 0 Å². The van der Waals surface area contributed by atoms with Gasteiger partial charge in [-0.25, -0.2) is 4.79 Å². The van der Waals surface area contributed by atoms with Crippen molar-refractivity contribution in [2.24, 2.45) is 5.92 Å². The number of benzene rings is 1. The van der Waals surface area contributed by atoms with Gasteiger partial charge in [0.1, 0.15) is 12.0 Å². The van der Waals surface area contributed by atoms with Crippen LogP contribution in [0.1, 0.15) is 18.9 Å². The third kappa shape index (κ3) is 3.01. The number of β-lactam (4-membered cyclic amide) rings is 1. The monoisotopic (exact) mass is 359 g/mol. The van der Waals surface area contributed by atoms with Crippen LogP contribution in [0.2, 0.25) is 0 Å². The van der Waals surface area contributed by atoms with E-state index in [1.807, 2.05) is 30.3 Å². The molecule has 2 aliphatic heterocycles. The molecule has 1 fully saturated rings. The Balaban J connectivity index is 1.93. The number of hydrogen-bond donors (Lipinski definition) is 2. The van der Waals surface area contributed by atoms with E-state index >= 15 is 0 Å². The fraction of sp³-hybridized carbons (Fsp3) is 0.278. The summed E-state index contributed by atoms with van der Waals surface area (Å²) in [5.41, 5.74) is 0.745. The standard InChI is InChI=1S/C18H17NO5S/c1-10(21)15-12-9-14(16(18(23)24)19(12)17(15)22)25-13(7-8-20)11-5-3-2-4-6-11/h2-8,10,12,15,21H,9H2,1H3,(H,23,24)/b13-7-/t10-,12+,15-/m0/s1. The molecule has 1 saturated heterocycles. The van der Waals surface area contributed by atoms with Gasteiger partial charge in [-0.1, -0.05) is 42.1 Å². The Morgan fingerprint density at radius 1 is 1.36 bits per heavy atom. The fourth-order valence-corrected chi connectivity index (χ4v) is 4.49. The molecule has 7 heteroatoms. The van der Waals surface area contributed by atoms with Crippen LogP contribution in [0.3, 0.4) is 0 Å². The third-order valence-electron chi connectivity index (χ3n) is 4.40. The summed E-state index contributed by atoms with van der Waals surface area (Å²) in [5.74, 6) is -2.13. The number of carboxylic acids is 1. The van der Waals surface area contributed by atoms with E-state index in [0.29, 0.717) is 22.5 Å². The summed E-state index contributed by atoms with van der Waals surface area (Å²) in [6, 6.07) is 8.83. The first-order valence-corrected chi connectivity index (χ1v) is 8.63. The van der Waals surface area contributed by atoms with Gasteiger partial charge in [0.05, 0.1) is 18.1 Å². The number of nitrogens with zero attached hydrogens (tertiary/aromatic N) is 1. The fourth-order valence-electron chi connectivity index (χ4n) is 3.31. The third-order valence-corrected chi connectivity index (χ3v) is 5.60. The molecule has 0 unspecified atom stereocenters. The number of fused-ring (bicyclic) bond motifs is 1. The Morgan fingerprint density at radius 2 is 2.04 bits per heavy atom. The van der Waals surface area contributed by atoms with Gasteiger partial charge in [-0.05, 0) is 18.6 Å². The number of amides is 1. The van der Waals surface area contributed by atoms with Crippen molar-refractivity contribution in [1.29, 1.82) is 0 Å². The highest BCUT2D eigenvalue weighted by Gasteiger charge is 2.56. The number of aliphatic hydroxyl groups excluding tert-OH is 1. The maximum Gasteiger partial charge on any atom is 0.353 e. The second kappa shape index (κ2) is 6.85. The molecule has 1 aromatic rings. The number of aldehydes is 1. The molecular weight excluding hydrogens is 342 g/mol. The highest BCUT2D eigenvalue weighted by molar-refractivity contribution is 8.11. The van der Waals surface area contributed by atoms with Gasteiger partial charge in [0.25, 0.3) is 0 Å². The molecule has 2 N–H and O–H groups in total. The summed E-state index contributed by atoms with van der Waals surface area (Å²) in [7, 11) is 0. The van der Waals surface area contributed by atoms with Crippen LogP contribution in [-0.2, 0) is 14.4 Å². The largest absolute Gasteiger partial charge is 0.477 e. The SMILES string of the molecule is C[C@H](O)[C@@H]1C(=O)N2C(C(=O)O)=C(S/C(=C\C=O)c3ccccc3)C[C@H]12. The lowest BCUT2D eigenvalue weighted by Crippen LogP contribution is -2.61. The van der Waals surface area contributed by atoms with E-state index in [1.54, 1.807) is 0 Å². The number of hydrogen-bond acceptors (Lipinski definition) is 5. The van der Waals surface area contributed by atoms with Crippen LogP contribution in [0.4, 0.5) is 0 Å². The summed E-state index contributed by atoms with van der Waals surface area (Å²) in [6.07, 6.45) is 1.57. The lowest BCUT2D eigenvalue weighted by Gasteiger charge is -2.44. The molecule has 0 aliphatic carbocycles. The number of allylic oxidation sites excluding steroid dienone is 1. The molecule has 0 aromatic heterocycles. The number of carbonyl (C=O) groups is 3. The summed E-state index contributed by atoms with van der Waals surface area (Å²) < 4.78 is 0. The first kappa shape index (κ1) is 17.4. The Hall–Kier alpha value is -2.38. The molecule has 0 radical (unpaired) electrons. The zero-order valence-corrected chi connectivity index (χ0v) is 14.3. The zero-order valence-electron chi connectivity index (χ0n) is 13.5. The molecule has 3 rings (SSSR count). The van der Waals surface area contributed by atoms with Crippen LogP contribution in [0.5, 0.6) is 0 Å². The van der Waals surface area contributed by atoms with Crippen molar-refractivity contribution >= 4 is 34.8 Å². The minimum absolute atomic E-state index is 0.0513. The molecule has 3 atom stereocenters. The molecular formula is C18H17NO5S. The average Bonchev–Trinajstić information content (AvgIpc) is 2.89. The minimum atomic E-state index is -1.18. The average molecular weight is 359 g/mol. The Morgan fingerprint density at radius 3 is 2.60 bits per heavy atom. The van der Waals surface area contributed by atoms with Gasteiger partial charge in [-0.15, -0.1) is 0 Å². The number of aliphatic hydroxyl groups is 1. The van der Waals surface area contributed by atoms with Crippen LogP contribution in [0.15, 0.2) is 47.0 Å². The molecule has 1 amide bonds. The Labute approximate surface area is 148 Å². The van der Waals surface area contributed by atoms with Crippen LogP contribution in [-0.4, -0.2) is 45.4 Å². The minimum Gasteiger partial charge on any atom is -0.477 e. The highest BCUT2D eigenvalue weighted by Crippen LogP contribution is 2.49. The van der Waals surface area contributed by atoms with Crippen molar-refractivity contribution in [3.05, 3.63) is 52.6 Å². The van der Waals surface area contributed by atoms with Gasteiger partial charge < -0.3 is 15.1 Å². The van der Waals surface area contributed by atoms with Crippen LogP contribution in [0.25, 0.3) is 4.91 Å². The van der Waals surface area contributed by atoms with Crippen molar-refractivity contribution in [1.82, 2.24) is 4.90 Å². The van der Waals surface area contributed by atoms with E-state index in [2.05, 4.69) is 0 Å². The quantitative estimate of drug-likeness (QED) is 0.457. The molecule has 0 spiro atoms. The van der Waals surface area contributed by atoms with Crippen molar-refractivity contribution in [2.45, 2.75) is 25.5 Å². The summed E-state index contributed by atoms with van der Waals surface area (Å²) in [4.78, 5) is 37.3. The molecule has 2 aliphatic rings. The molecule has 130 valence electrons. The van der Waals surface area contributed by atoms with E-state index < -0.39 is 18.0 Å². The lowest BCUT2D eigenvalue weighted by atomic mass is 9.83. The van der Waals surface area contributed by atoms with Crippen molar-refractivity contribution in [2.75, 3.05) is 0 Å². The maximum absolute atomic E-state index is 12.2. The first-order valence-electron chi connectivity index (χ1n) is 7.82. The van der Waals surface area contributed by atoms with Gasteiger partial charge in [0.2, 0.25) is 5.91 Å². The topological polar surface area (TPSA) is 94.9 Å². The van der Waals surface area contributed by atoms with Gasteiger partial charge in [0, 0.05) is 16.2 Å². The maximum atomic E-state index is 12.2. The number of carbonyl (C=O) groups excluding carboxylic acids is 2. The predicted molar refractivity (Wildman–Crippen MR) is 93.2 cm³/mol. The van der Waals surface area contributed by atoms with Crippen LogP contribution >= 0.6 is 11.8 Å². The number of thioether (sulfide) groups is 1. The highest BCUT2D eigenvalue weighted by atomic mass is 32.2. The molecule has 0 bridgehead atoms. The number of rotatable bonds is 6. The van der Waals surface area contributed by atoms with E-state index in [1.165, 1.54) is 29.7 Å². The van der Waals surface area contributed by atoms with Gasteiger partial charge >= 0.3 is 5.97 Å². The Bertz CT molecular complexity index is 784. The smallest absolute Gasteiger partial charge is 0.353 e. The van der Waals surface area contributed by atoms with Gasteiger partial charge in [-0.3, -0.25) is 9.59 Å². The van der Waals surface area contributed by atoms with E-state index in [0.717, 1.165) is 5.56 Å². The first-order chi connectivity index (χ1) is 12.0. The van der Waals surface area contributed by atoms with Crippen molar-refractivity contribution in [3.63, 3.8) is 0 Å². The Kier molecular flexibility index (Phi) is 4.78. The normalized spacial score (nSPS) is 24.0. The molecule has 0 saturated carbocycles. The molecule has 1 aromatic carbocycles. The zero-order chi connectivity index (χ0) is 18.1. The summed E-state index contributed by atoms with van der Waals surface area (Å²) in [5, 5.41) is 19.3. The summed E-state index contributed by atoms with van der Waals surface area (Å²) >= 11 is 1.18. The van der Waals surface area contributed by atoms with Gasteiger partial charge in [0.15, 0.2) is 0 Å². The molecule has 6 nitrogen and oxygen atoms in total. The lowest BCUT2D eigenvalue weighted by molar-refractivity contribution is -0.161. The van der Waals surface area contributed by atoms with Crippen molar-refractivity contribution < 1.29 is 24.6 Å². The molecule has 2 heterocycles. The second-order valence-electron chi connectivity index (χ2n) is 5.96. The van der Waals surface area contributed by atoms with Crippen LogP contribution in [0, 0.1) is 5.92 Å². The van der Waals surface area contributed by atoms with Gasteiger partial charge in [-0.2, -0.15) is 0 Å².